The van der Waals surface area contributed by atoms with Crippen molar-refractivity contribution in [3.05, 3.63) is 0 Å². The second kappa shape index (κ2) is 4.36. The lowest BCUT2D eigenvalue weighted by molar-refractivity contribution is -0.136. The first-order valence-corrected chi connectivity index (χ1v) is 6.63. The van der Waals surface area contributed by atoms with Crippen molar-refractivity contribution < 1.29 is 4.79 Å². The van der Waals surface area contributed by atoms with Crippen LogP contribution in [0.3, 0.4) is 0 Å². The number of carbonyl (C=O) groups is 1. The molecule has 1 amide bonds. The molecule has 2 N–H and O–H groups in total. The molecule has 2 fully saturated rings. The van der Waals surface area contributed by atoms with Gasteiger partial charge >= 0.3 is 0 Å². The van der Waals surface area contributed by atoms with E-state index in [1.807, 2.05) is 0 Å². The van der Waals surface area contributed by atoms with Crippen molar-refractivity contribution in [3.8, 4) is 0 Å². The van der Waals surface area contributed by atoms with Crippen molar-refractivity contribution in [2.45, 2.75) is 64.0 Å². The molecule has 2 saturated carbocycles. The molecule has 0 atom stereocenters. The van der Waals surface area contributed by atoms with Gasteiger partial charge in [0.15, 0.2) is 0 Å². The maximum absolute atomic E-state index is 12.4. The predicted molar refractivity (Wildman–Crippen MR) is 65.0 cm³/mol. The Morgan fingerprint density at radius 1 is 1.38 bits per heavy atom. The second-order valence-electron chi connectivity index (χ2n) is 5.95. The molecule has 2 aliphatic carbocycles. The van der Waals surface area contributed by atoms with Crippen LogP contribution in [0.1, 0.15) is 52.4 Å². The topological polar surface area (TPSA) is 46.3 Å². The van der Waals surface area contributed by atoms with Crippen molar-refractivity contribution >= 4 is 5.91 Å². The van der Waals surface area contributed by atoms with Crippen LogP contribution in [0.5, 0.6) is 0 Å². The summed E-state index contributed by atoms with van der Waals surface area (Å²) in [6.07, 6.45) is 6.65. The zero-order valence-corrected chi connectivity index (χ0v) is 10.5. The summed E-state index contributed by atoms with van der Waals surface area (Å²) in [5.41, 5.74) is 5.55. The van der Waals surface area contributed by atoms with Gasteiger partial charge in [0.2, 0.25) is 5.91 Å². The number of rotatable bonds is 4. The van der Waals surface area contributed by atoms with Gasteiger partial charge < -0.3 is 10.6 Å². The third-order valence-corrected chi connectivity index (χ3v) is 3.80. The molecule has 0 spiro atoms. The molecule has 0 aliphatic heterocycles. The third-order valence-electron chi connectivity index (χ3n) is 3.80. The second-order valence-corrected chi connectivity index (χ2v) is 5.95. The summed E-state index contributed by atoms with van der Waals surface area (Å²) in [5, 5.41) is 0. The molecule has 0 aromatic carbocycles. The summed E-state index contributed by atoms with van der Waals surface area (Å²) in [7, 11) is 0. The van der Waals surface area contributed by atoms with E-state index in [-0.39, 0.29) is 5.91 Å². The molecule has 3 heteroatoms. The monoisotopic (exact) mass is 224 g/mol. The quantitative estimate of drug-likeness (QED) is 0.793. The average Bonchev–Trinajstić information content (AvgIpc) is 2.80. The van der Waals surface area contributed by atoms with E-state index in [1.165, 1.54) is 25.7 Å². The van der Waals surface area contributed by atoms with Gasteiger partial charge in [-0.2, -0.15) is 0 Å². The van der Waals surface area contributed by atoms with Crippen LogP contribution < -0.4 is 5.73 Å². The lowest BCUT2D eigenvalue weighted by Gasteiger charge is -2.32. The molecule has 0 aromatic rings. The van der Waals surface area contributed by atoms with E-state index in [0.717, 1.165) is 19.4 Å². The minimum Gasteiger partial charge on any atom is -0.338 e. The molecule has 0 saturated heterocycles. The molecule has 0 heterocycles. The van der Waals surface area contributed by atoms with Crippen LogP contribution >= 0.6 is 0 Å². The maximum Gasteiger partial charge on any atom is 0.242 e. The molecule has 92 valence electrons. The zero-order chi connectivity index (χ0) is 11.8. The molecular formula is C13H24N2O. The van der Waals surface area contributed by atoms with Gasteiger partial charge in [0.05, 0.1) is 5.54 Å². The van der Waals surface area contributed by atoms with E-state index in [0.29, 0.717) is 12.0 Å². The summed E-state index contributed by atoms with van der Waals surface area (Å²) in [6.45, 7) is 5.22. The summed E-state index contributed by atoms with van der Waals surface area (Å²) in [5.74, 6) is 0.750. The number of hydrogen-bond donors (Lipinski definition) is 1. The van der Waals surface area contributed by atoms with Gasteiger partial charge in [0, 0.05) is 12.6 Å². The predicted octanol–water partition coefficient (Wildman–Crippen LogP) is 1.90. The van der Waals surface area contributed by atoms with E-state index >= 15 is 0 Å². The Morgan fingerprint density at radius 2 is 1.94 bits per heavy atom. The SMILES string of the molecule is CC(C)CN(C(=O)C1(N)CC1)C1CCCC1. The molecule has 16 heavy (non-hydrogen) atoms. The minimum atomic E-state index is -0.489. The molecule has 0 bridgehead atoms. The fraction of sp³-hybridized carbons (Fsp3) is 0.923. The number of nitrogens with zero attached hydrogens (tertiary/aromatic N) is 1. The van der Waals surface area contributed by atoms with E-state index in [9.17, 15) is 4.79 Å². The third kappa shape index (κ3) is 2.40. The molecule has 2 rings (SSSR count). The number of amides is 1. The van der Waals surface area contributed by atoms with E-state index in [1.54, 1.807) is 0 Å². The van der Waals surface area contributed by atoms with Gasteiger partial charge in [0.25, 0.3) is 0 Å². The first-order valence-electron chi connectivity index (χ1n) is 6.63. The number of hydrogen-bond acceptors (Lipinski definition) is 2. The summed E-state index contributed by atoms with van der Waals surface area (Å²) in [4.78, 5) is 14.4. The Kier molecular flexibility index (Phi) is 3.24. The highest BCUT2D eigenvalue weighted by Crippen LogP contribution is 2.36. The van der Waals surface area contributed by atoms with Crippen LogP contribution in [0, 0.1) is 5.92 Å². The standard InChI is InChI=1S/C13H24N2O/c1-10(2)9-15(11-5-3-4-6-11)12(16)13(14)7-8-13/h10-11H,3-9,14H2,1-2H3. The Morgan fingerprint density at radius 3 is 2.38 bits per heavy atom. The van der Waals surface area contributed by atoms with Crippen molar-refractivity contribution in [1.29, 1.82) is 0 Å². The van der Waals surface area contributed by atoms with Crippen molar-refractivity contribution in [1.82, 2.24) is 4.90 Å². The van der Waals surface area contributed by atoms with E-state index in [2.05, 4.69) is 18.7 Å². The Balaban J connectivity index is 2.04. The van der Waals surface area contributed by atoms with E-state index in [4.69, 9.17) is 5.73 Å². The normalized spacial score (nSPS) is 23.8. The van der Waals surface area contributed by atoms with Crippen molar-refractivity contribution in [2.75, 3.05) is 6.54 Å². The molecule has 0 unspecified atom stereocenters. The van der Waals surface area contributed by atoms with Crippen LogP contribution in [-0.2, 0) is 4.79 Å². The summed E-state index contributed by atoms with van der Waals surface area (Å²) in [6, 6.07) is 0.468. The Hall–Kier alpha value is -0.570. The molecule has 0 aromatic heterocycles. The van der Waals surface area contributed by atoms with Gasteiger partial charge in [-0.15, -0.1) is 0 Å². The average molecular weight is 224 g/mol. The summed E-state index contributed by atoms with van der Waals surface area (Å²) >= 11 is 0. The number of nitrogens with two attached hydrogens (primary N) is 1. The zero-order valence-electron chi connectivity index (χ0n) is 10.5. The van der Waals surface area contributed by atoms with E-state index < -0.39 is 5.54 Å². The highest BCUT2D eigenvalue weighted by molar-refractivity contribution is 5.89. The lowest BCUT2D eigenvalue weighted by atomic mass is 10.1. The maximum atomic E-state index is 12.4. The molecule has 0 radical (unpaired) electrons. The highest BCUT2D eigenvalue weighted by Gasteiger charge is 2.49. The van der Waals surface area contributed by atoms with Crippen LogP contribution in [0.2, 0.25) is 0 Å². The fourth-order valence-corrected chi connectivity index (χ4v) is 2.64. The van der Waals surface area contributed by atoms with Gasteiger partial charge in [-0.25, -0.2) is 0 Å². The van der Waals surface area contributed by atoms with Crippen LogP contribution in [0.25, 0.3) is 0 Å². The largest absolute Gasteiger partial charge is 0.338 e. The molecule has 2 aliphatic rings. The summed E-state index contributed by atoms with van der Waals surface area (Å²) < 4.78 is 0. The van der Waals surface area contributed by atoms with Crippen LogP contribution in [0.4, 0.5) is 0 Å². The Labute approximate surface area is 98.4 Å². The Bertz CT molecular complexity index is 265. The first kappa shape index (κ1) is 11.9. The lowest BCUT2D eigenvalue weighted by Crippen LogP contribution is -2.50. The number of carbonyl (C=O) groups excluding carboxylic acids is 1. The highest BCUT2D eigenvalue weighted by atomic mass is 16.2. The van der Waals surface area contributed by atoms with Gasteiger partial charge in [-0.1, -0.05) is 26.7 Å². The van der Waals surface area contributed by atoms with Gasteiger partial charge in [0.1, 0.15) is 0 Å². The molecule has 3 nitrogen and oxygen atoms in total. The van der Waals surface area contributed by atoms with Crippen LogP contribution in [-0.4, -0.2) is 28.9 Å². The van der Waals surface area contributed by atoms with Crippen molar-refractivity contribution in [2.24, 2.45) is 11.7 Å². The van der Waals surface area contributed by atoms with Crippen molar-refractivity contribution in [3.63, 3.8) is 0 Å². The fourth-order valence-electron chi connectivity index (χ4n) is 2.64. The van der Waals surface area contributed by atoms with Gasteiger partial charge in [-0.3, -0.25) is 4.79 Å². The molecular weight excluding hydrogens is 200 g/mol. The minimum absolute atomic E-state index is 0.216. The first-order chi connectivity index (χ1) is 7.53. The van der Waals surface area contributed by atoms with Crippen LogP contribution in [0.15, 0.2) is 0 Å². The smallest absolute Gasteiger partial charge is 0.242 e. The van der Waals surface area contributed by atoms with Gasteiger partial charge in [-0.05, 0) is 31.6 Å².